The van der Waals surface area contributed by atoms with Crippen molar-refractivity contribution in [1.82, 2.24) is 5.32 Å². The first-order chi connectivity index (χ1) is 11.0. The molecule has 2 N–H and O–H groups in total. The lowest BCUT2D eigenvalue weighted by Gasteiger charge is -2.34. The van der Waals surface area contributed by atoms with Gasteiger partial charge in [0.2, 0.25) is 11.8 Å². The molecule has 0 aliphatic heterocycles. The Morgan fingerprint density at radius 3 is 2.43 bits per heavy atom. The van der Waals surface area contributed by atoms with E-state index in [4.69, 9.17) is 11.6 Å². The fraction of sp³-hybridized carbons (Fsp3) is 0.556. The molecule has 126 valence electrons. The molecule has 23 heavy (non-hydrogen) atoms. The first-order valence-corrected chi connectivity index (χ1v) is 8.68. The Morgan fingerprint density at radius 2 is 1.74 bits per heavy atom. The van der Waals surface area contributed by atoms with Crippen molar-refractivity contribution in [3.05, 3.63) is 29.3 Å². The van der Waals surface area contributed by atoms with E-state index in [9.17, 15) is 9.59 Å². The fourth-order valence-corrected chi connectivity index (χ4v) is 3.17. The van der Waals surface area contributed by atoms with E-state index in [0.717, 1.165) is 12.8 Å². The highest BCUT2D eigenvalue weighted by atomic mass is 35.5. The summed E-state index contributed by atoms with van der Waals surface area (Å²) < 4.78 is 0. The molecule has 1 saturated carbocycles. The predicted molar refractivity (Wildman–Crippen MR) is 93.4 cm³/mol. The molecule has 0 heterocycles. The van der Waals surface area contributed by atoms with Crippen LogP contribution in [0.3, 0.4) is 0 Å². The van der Waals surface area contributed by atoms with E-state index in [2.05, 4.69) is 24.5 Å². The molecule has 0 saturated heterocycles. The van der Waals surface area contributed by atoms with Crippen LogP contribution in [0.15, 0.2) is 24.3 Å². The van der Waals surface area contributed by atoms with E-state index >= 15 is 0 Å². The van der Waals surface area contributed by atoms with Crippen molar-refractivity contribution in [2.24, 2.45) is 11.8 Å². The van der Waals surface area contributed by atoms with Crippen molar-refractivity contribution in [1.29, 1.82) is 0 Å². The van der Waals surface area contributed by atoms with Gasteiger partial charge in [-0.2, -0.15) is 0 Å². The molecule has 1 aliphatic rings. The summed E-state index contributed by atoms with van der Waals surface area (Å²) in [5, 5.41) is 6.48. The molecule has 1 fully saturated rings. The average molecular weight is 337 g/mol. The van der Waals surface area contributed by atoms with E-state index in [1.54, 1.807) is 24.3 Å². The quantitative estimate of drug-likeness (QED) is 0.853. The van der Waals surface area contributed by atoms with Crippen molar-refractivity contribution in [3.63, 3.8) is 0 Å². The molecule has 1 aromatic rings. The Morgan fingerprint density at radius 1 is 1.09 bits per heavy atom. The molecule has 0 spiro atoms. The van der Waals surface area contributed by atoms with Gasteiger partial charge in [0.15, 0.2) is 0 Å². The van der Waals surface area contributed by atoms with Crippen molar-refractivity contribution in [2.45, 2.75) is 52.0 Å². The Bertz CT molecular complexity index is 544. The van der Waals surface area contributed by atoms with Gasteiger partial charge >= 0.3 is 0 Å². The van der Waals surface area contributed by atoms with Crippen molar-refractivity contribution < 1.29 is 9.59 Å². The van der Waals surface area contributed by atoms with Crippen LogP contribution in [-0.4, -0.2) is 17.9 Å². The van der Waals surface area contributed by atoms with Crippen LogP contribution in [0.5, 0.6) is 0 Å². The van der Waals surface area contributed by atoms with Crippen LogP contribution in [0.2, 0.25) is 5.02 Å². The monoisotopic (exact) mass is 336 g/mol. The molecule has 0 radical (unpaired) electrons. The maximum atomic E-state index is 12.1. The number of hydrogen-bond donors (Lipinski definition) is 2. The largest absolute Gasteiger partial charge is 0.353 e. The maximum absolute atomic E-state index is 12.1. The third-order valence-electron chi connectivity index (χ3n) is 4.76. The molecule has 2 rings (SSSR count). The van der Waals surface area contributed by atoms with E-state index in [-0.39, 0.29) is 30.7 Å². The summed E-state index contributed by atoms with van der Waals surface area (Å²) in [6.45, 7) is 4.44. The molecular formula is C18H25ClN2O2. The number of benzene rings is 1. The average Bonchev–Trinajstić information content (AvgIpc) is 2.52. The van der Waals surface area contributed by atoms with Crippen LogP contribution in [-0.2, 0) is 9.59 Å². The van der Waals surface area contributed by atoms with Gasteiger partial charge in [-0.3, -0.25) is 9.59 Å². The van der Waals surface area contributed by atoms with Gasteiger partial charge in [0.1, 0.15) is 0 Å². The van der Waals surface area contributed by atoms with E-state index in [0.29, 0.717) is 22.5 Å². The van der Waals surface area contributed by atoms with Crippen LogP contribution in [0, 0.1) is 11.8 Å². The number of halogens is 1. The molecule has 1 aliphatic carbocycles. The zero-order valence-corrected chi connectivity index (χ0v) is 14.5. The summed E-state index contributed by atoms with van der Waals surface area (Å²) in [6.07, 6.45) is 3.83. The Hall–Kier alpha value is -1.55. The molecular weight excluding hydrogens is 312 g/mol. The number of carbonyl (C=O) groups excluding carboxylic acids is 2. The van der Waals surface area contributed by atoms with Crippen molar-refractivity contribution in [3.8, 4) is 0 Å². The topological polar surface area (TPSA) is 58.2 Å². The summed E-state index contributed by atoms with van der Waals surface area (Å²) in [5.74, 6) is 0.938. The van der Waals surface area contributed by atoms with Gasteiger partial charge in [0, 0.05) is 29.6 Å². The van der Waals surface area contributed by atoms with E-state index < -0.39 is 0 Å². The minimum atomic E-state index is -0.160. The second kappa shape index (κ2) is 8.34. The smallest absolute Gasteiger partial charge is 0.224 e. The summed E-state index contributed by atoms with van der Waals surface area (Å²) >= 11 is 5.80. The van der Waals surface area contributed by atoms with Crippen LogP contribution < -0.4 is 10.6 Å². The lowest BCUT2D eigenvalue weighted by atomic mass is 9.78. The summed E-state index contributed by atoms with van der Waals surface area (Å²) in [7, 11) is 0. The van der Waals surface area contributed by atoms with Gasteiger partial charge in [0.25, 0.3) is 0 Å². The normalized spacial score (nSPS) is 24.0. The highest BCUT2D eigenvalue weighted by molar-refractivity contribution is 6.30. The fourth-order valence-electron chi connectivity index (χ4n) is 3.05. The standard InChI is InChI=1S/C18H25ClN2O2/c1-12-4-3-5-16(13(12)2)21-18(23)11-10-17(22)20-15-8-6-14(19)7-9-15/h6-9,12-13,16H,3-5,10-11H2,1-2H3,(H,20,22)(H,21,23)/t12-,13-,16+/m1/s1. The van der Waals surface area contributed by atoms with Crippen LogP contribution in [0.25, 0.3) is 0 Å². The van der Waals surface area contributed by atoms with Gasteiger partial charge in [-0.1, -0.05) is 38.3 Å². The number of carbonyl (C=O) groups is 2. The SMILES string of the molecule is C[C@@H]1[C@H](C)CCC[C@@H]1NC(=O)CCC(=O)Nc1ccc(Cl)cc1. The van der Waals surface area contributed by atoms with Gasteiger partial charge in [-0.05, 0) is 42.5 Å². The van der Waals surface area contributed by atoms with Crippen LogP contribution >= 0.6 is 11.6 Å². The second-order valence-corrected chi connectivity index (χ2v) is 6.93. The van der Waals surface area contributed by atoms with Crippen molar-refractivity contribution in [2.75, 3.05) is 5.32 Å². The first kappa shape index (κ1) is 17.8. The van der Waals surface area contributed by atoms with Crippen molar-refractivity contribution >= 4 is 29.1 Å². The molecule has 3 atom stereocenters. The Balaban J connectivity index is 1.73. The van der Waals surface area contributed by atoms with Crippen LogP contribution in [0.1, 0.15) is 46.0 Å². The van der Waals surface area contributed by atoms with Gasteiger partial charge in [-0.15, -0.1) is 0 Å². The van der Waals surface area contributed by atoms with Crippen LogP contribution in [0.4, 0.5) is 5.69 Å². The minimum Gasteiger partial charge on any atom is -0.353 e. The summed E-state index contributed by atoms with van der Waals surface area (Å²) in [4.78, 5) is 23.9. The highest BCUT2D eigenvalue weighted by Gasteiger charge is 2.28. The number of rotatable bonds is 5. The van der Waals surface area contributed by atoms with Gasteiger partial charge in [-0.25, -0.2) is 0 Å². The van der Waals surface area contributed by atoms with Gasteiger partial charge in [0.05, 0.1) is 0 Å². The Labute approximate surface area is 143 Å². The molecule has 0 unspecified atom stereocenters. The molecule has 5 heteroatoms. The number of anilines is 1. The highest BCUT2D eigenvalue weighted by Crippen LogP contribution is 2.29. The summed E-state index contributed by atoms with van der Waals surface area (Å²) in [5.41, 5.74) is 0.689. The zero-order valence-electron chi connectivity index (χ0n) is 13.8. The zero-order chi connectivity index (χ0) is 16.8. The first-order valence-electron chi connectivity index (χ1n) is 8.30. The molecule has 4 nitrogen and oxygen atoms in total. The third kappa shape index (κ3) is 5.54. The molecule has 0 bridgehead atoms. The number of nitrogens with one attached hydrogen (secondary N) is 2. The van der Waals surface area contributed by atoms with E-state index in [1.165, 1.54) is 6.42 Å². The molecule has 1 aromatic carbocycles. The molecule has 0 aromatic heterocycles. The number of amides is 2. The number of hydrogen-bond acceptors (Lipinski definition) is 2. The lowest BCUT2D eigenvalue weighted by Crippen LogP contribution is -2.43. The van der Waals surface area contributed by atoms with Gasteiger partial charge < -0.3 is 10.6 Å². The second-order valence-electron chi connectivity index (χ2n) is 6.50. The molecule has 2 amide bonds. The lowest BCUT2D eigenvalue weighted by molar-refractivity contribution is -0.125. The predicted octanol–water partition coefficient (Wildman–Crippen LogP) is 4.00. The maximum Gasteiger partial charge on any atom is 0.224 e. The minimum absolute atomic E-state index is 0.0396. The third-order valence-corrected chi connectivity index (χ3v) is 5.01. The summed E-state index contributed by atoms with van der Waals surface area (Å²) in [6, 6.07) is 7.16. The van der Waals surface area contributed by atoms with E-state index in [1.807, 2.05) is 0 Å². The Kier molecular flexibility index (Phi) is 6.46.